The first-order chi connectivity index (χ1) is 9.29. The van der Waals surface area contributed by atoms with E-state index < -0.39 is 0 Å². The lowest BCUT2D eigenvalue weighted by molar-refractivity contribution is 0.265. The lowest BCUT2D eigenvalue weighted by Crippen LogP contribution is -2.34. The Bertz CT molecular complexity index is 406. The van der Waals surface area contributed by atoms with Crippen molar-refractivity contribution in [3.8, 4) is 0 Å². The van der Waals surface area contributed by atoms with Crippen molar-refractivity contribution in [3.63, 3.8) is 0 Å². The number of aliphatic hydroxyl groups excluding tert-OH is 1. The van der Waals surface area contributed by atoms with Crippen molar-refractivity contribution in [2.75, 3.05) is 18.6 Å². The number of hydrogen-bond donors (Lipinski definition) is 2. The van der Waals surface area contributed by atoms with Gasteiger partial charge in [-0.05, 0) is 47.3 Å². The minimum absolute atomic E-state index is 0.00645. The molecule has 0 saturated heterocycles. The summed E-state index contributed by atoms with van der Waals surface area (Å²) in [6.07, 6.45) is 5.03. The molecule has 0 aromatic carbocycles. The van der Waals surface area contributed by atoms with E-state index in [9.17, 15) is 0 Å². The highest BCUT2D eigenvalue weighted by Gasteiger charge is 2.20. The molecule has 2 unspecified atom stereocenters. The van der Waals surface area contributed by atoms with Gasteiger partial charge in [-0.15, -0.1) is 0 Å². The third-order valence-corrected chi connectivity index (χ3v) is 4.16. The zero-order valence-corrected chi connectivity index (χ0v) is 14.4. The van der Waals surface area contributed by atoms with Crippen LogP contribution in [0.2, 0.25) is 0 Å². The molecule has 116 valence electrons. The Morgan fingerprint density at radius 1 is 1.45 bits per heavy atom. The second kappa shape index (κ2) is 7.48. The second-order valence-corrected chi connectivity index (χ2v) is 7.25. The number of nitrogens with zero attached hydrogens (tertiary/aromatic N) is 2. The van der Waals surface area contributed by atoms with Gasteiger partial charge in [0.1, 0.15) is 0 Å². The Morgan fingerprint density at radius 3 is 2.55 bits per heavy atom. The van der Waals surface area contributed by atoms with Gasteiger partial charge in [-0.25, -0.2) is 0 Å². The van der Waals surface area contributed by atoms with E-state index in [-0.39, 0.29) is 18.2 Å². The summed E-state index contributed by atoms with van der Waals surface area (Å²) >= 11 is 1.81. The lowest BCUT2D eigenvalue weighted by Gasteiger charge is -2.22. The molecule has 1 aromatic rings. The van der Waals surface area contributed by atoms with Crippen LogP contribution in [0.4, 0.5) is 0 Å². The predicted molar refractivity (Wildman–Crippen MR) is 87.4 cm³/mol. The fourth-order valence-corrected chi connectivity index (χ4v) is 2.92. The van der Waals surface area contributed by atoms with Crippen LogP contribution in [0.25, 0.3) is 0 Å². The molecule has 1 rings (SSSR count). The first-order valence-electron chi connectivity index (χ1n) is 7.22. The van der Waals surface area contributed by atoms with Crippen LogP contribution in [0.5, 0.6) is 0 Å². The van der Waals surface area contributed by atoms with Crippen LogP contribution in [-0.4, -0.2) is 39.5 Å². The van der Waals surface area contributed by atoms with Crippen molar-refractivity contribution in [3.05, 3.63) is 17.5 Å². The maximum atomic E-state index is 9.15. The van der Waals surface area contributed by atoms with Gasteiger partial charge < -0.3 is 10.4 Å². The summed E-state index contributed by atoms with van der Waals surface area (Å²) in [4.78, 5) is 0. The minimum Gasteiger partial charge on any atom is -0.396 e. The van der Waals surface area contributed by atoms with Crippen LogP contribution in [0, 0.1) is 6.92 Å². The number of aliphatic hydroxyl groups is 1. The predicted octanol–water partition coefficient (Wildman–Crippen LogP) is 2.71. The van der Waals surface area contributed by atoms with Crippen molar-refractivity contribution >= 4 is 11.8 Å². The Kier molecular flexibility index (Phi) is 6.55. The lowest BCUT2D eigenvalue weighted by atomic mass is 10.1. The molecule has 1 heterocycles. The zero-order valence-electron chi connectivity index (χ0n) is 13.6. The molecule has 1 aromatic heterocycles. The van der Waals surface area contributed by atoms with Gasteiger partial charge in [0.15, 0.2) is 0 Å². The van der Waals surface area contributed by atoms with Gasteiger partial charge in [0.2, 0.25) is 0 Å². The number of nitrogens with one attached hydrogen (secondary N) is 1. The molecule has 0 aliphatic heterocycles. The van der Waals surface area contributed by atoms with E-state index in [1.165, 1.54) is 5.56 Å². The largest absolute Gasteiger partial charge is 0.396 e. The van der Waals surface area contributed by atoms with Crippen LogP contribution >= 0.6 is 11.8 Å². The molecule has 0 fully saturated rings. The molecular weight excluding hydrogens is 270 g/mol. The van der Waals surface area contributed by atoms with E-state index in [1.54, 1.807) is 11.8 Å². The Balaban J connectivity index is 2.80. The van der Waals surface area contributed by atoms with Crippen molar-refractivity contribution in [1.82, 2.24) is 15.1 Å². The smallest absolute Gasteiger partial charge is 0.0641 e. The summed E-state index contributed by atoms with van der Waals surface area (Å²) < 4.78 is 2.03. The quantitative estimate of drug-likeness (QED) is 0.813. The van der Waals surface area contributed by atoms with E-state index in [0.717, 1.165) is 17.9 Å². The maximum absolute atomic E-state index is 9.15. The van der Waals surface area contributed by atoms with E-state index in [4.69, 9.17) is 5.11 Å². The molecule has 5 heteroatoms. The number of aryl methyl sites for hydroxylation is 1. The van der Waals surface area contributed by atoms with Gasteiger partial charge >= 0.3 is 0 Å². The van der Waals surface area contributed by atoms with Crippen LogP contribution < -0.4 is 5.32 Å². The average Bonchev–Trinajstić information content (AvgIpc) is 2.72. The van der Waals surface area contributed by atoms with Crippen molar-refractivity contribution < 1.29 is 5.11 Å². The van der Waals surface area contributed by atoms with Crippen molar-refractivity contribution in [1.29, 1.82) is 0 Å². The molecule has 0 aliphatic carbocycles. The van der Waals surface area contributed by atoms with E-state index in [2.05, 4.69) is 57.5 Å². The highest BCUT2D eigenvalue weighted by atomic mass is 32.2. The third kappa shape index (κ3) is 4.79. The number of rotatable bonds is 7. The maximum Gasteiger partial charge on any atom is 0.0641 e. The first kappa shape index (κ1) is 17.5. The molecule has 2 atom stereocenters. The molecule has 20 heavy (non-hydrogen) atoms. The zero-order chi connectivity index (χ0) is 15.3. The number of hydrogen-bond acceptors (Lipinski definition) is 4. The van der Waals surface area contributed by atoms with Gasteiger partial charge in [-0.2, -0.15) is 16.9 Å². The number of aromatic nitrogens is 2. The average molecular weight is 299 g/mol. The van der Waals surface area contributed by atoms with Gasteiger partial charge in [0.25, 0.3) is 0 Å². The molecular formula is C15H29N3OS. The number of thioether (sulfide) groups is 1. The highest BCUT2D eigenvalue weighted by Crippen LogP contribution is 2.22. The van der Waals surface area contributed by atoms with Crippen LogP contribution in [-0.2, 0) is 5.54 Å². The molecule has 0 radical (unpaired) electrons. The molecule has 0 saturated carbocycles. The summed E-state index contributed by atoms with van der Waals surface area (Å²) in [5.41, 5.74) is 2.32. The Labute approximate surface area is 127 Å². The molecule has 0 aliphatic rings. The summed E-state index contributed by atoms with van der Waals surface area (Å²) in [5, 5.41) is 17.4. The summed E-state index contributed by atoms with van der Waals surface area (Å²) in [6.45, 7) is 10.9. The summed E-state index contributed by atoms with van der Waals surface area (Å²) in [6, 6.07) is 0.581. The minimum atomic E-state index is 0.00645. The van der Waals surface area contributed by atoms with Crippen molar-refractivity contribution in [2.24, 2.45) is 0 Å². The highest BCUT2D eigenvalue weighted by molar-refractivity contribution is 7.98. The van der Waals surface area contributed by atoms with Gasteiger partial charge in [-0.3, -0.25) is 4.68 Å². The van der Waals surface area contributed by atoms with Crippen LogP contribution in [0.3, 0.4) is 0 Å². The second-order valence-electron chi connectivity index (χ2n) is 6.34. The van der Waals surface area contributed by atoms with Crippen LogP contribution in [0.1, 0.15) is 51.4 Å². The summed E-state index contributed by atoms with van der Waals surface area (Å²) in [7, 11) is 0. The van der Waals surface area contributed by atoms with Crippen molar-refractivity contribution in [2.45, 2.75) is 58.7 Å². The molecule has 0 amide bonds. The molecule has 2 N–H and O–H groups in total. The fraction of sp³-hybridized carbons (Fsp3) is 0.800. The standard InChI is InChI=1S/C15H29N3OS/c1-11(16-13(7-8-19)10-20-6)14-9-18(15(3,4)5)17-12(14)2/h9,11,13,16,19H,7-8,10H2,1-6H3. The van der Waals surface area contributed by atoms with E-state index in [1.807, 2.05) is 4.68 Å². The SMILES string of the molecule is CSCC(CCO)NC(C)c1cn(C(C)(C)C)nc1C. The molecule has 0 bridgehead atoms. The summed E-state index contributed by atoms with van der Waals surface area (Å²) in [5.74, 6) is 1.01. The monoisotopic (exact) mass is 299 g/mol. The van der Waals surface area contributed by atoms with Crippen LogP contribution in [0.15, 0.2) is 6.20 Å². The van der Waals surface area contributed by atoms with E-state index >= 15 is 0 Å². The Morgan fingerprint density at radius 2 is 2.10 bits per heavy atom. The first-order valence-corrected chi connectivity index (χ1v) is 8.61. The normalized spacial score (nSPS) is 15.3. The van der Waals surface area contributed by atoms with Gasteiger partial charge in [0, 0.05) is 36.2 Å². The molecule has 4 nitrogen and oxygen atoms in total. The van der Waals surface area contributed by atoms with E-state index in [0.29, 0.717) is 6.04 Å². The molecule has 0 spiro atoms. The fourth-order valence-electron chi connectivity index (χ4n) is 2.26. The van der Waals surface area contributed by atoms with Gasteiger partial charge in [-0.1, -0.05) is 0 Å². The third-order valence-electron chi connectivity index (χ3n) is 3.42. The topological polar surface area (TPSA) is 50.1 Å². The Hall–Kier alpha value is -0.520. The van der Waals surface area contributed by atoms with Gasteiger partial charge in [0.05, 0.1) is 11.2 Å².